The Kier molecular flexibility index (Phi) is 4.58. The fourth-order valence-corrected chi connectivity index (χ4v) is 2.53. The van der Waals surface area contributed by atoms with E-state index >= 15 is 0 Å². The number of nitrogens with zero attached hydrogens (tertiary/aromatic N) is 1. The van der Waals surface area contributed by atoms with Crippen LogP contribution in [0.5, 0.6) is 0 Å². The molecule has 1 rings (SSSR count). The van der Waals surface area contributed by atoms with Gasteiger partial charge < -0.3 is 5.11 Å². The number of hydrogen-bond acceptors (Lipinski definition) is 2. The average molecular weight is 213 g/mol. The quantitative estimate of drug-likeness (QED) is 0.779. The lowest BCUT2D eigenvalue weighted by Gasteiger charge is -2.41. The monoisotopic (exact) mass is 213 g/mol. The molecule has 0 aliphatic carbocycles. The highest BCUT2D eigenvalue weighted by Gasteiger charge is 2.29. The first-order chi connectivity index (χ1) is 7.04. The SMILES string of the molecule is CCC(CC(=O)O)N1CC(C)CCC1C. The van der Waals surface area contributed by atoms with Crippen LogP contribution in [0.1, 0.15) is 46.5 Å². The summed E-state index contributed by atoms with van der Waals surface area (Å²) < 4.78 is 0. The number of hydrogen-bond donors (Lipinski definition) is 1. The van der Waals surface area contributed by atoms with Gasteiger partial charge in [-0.15, -0.1) is 0 Å². The van der Waals surface area contributed by atoms with Crippen LogP contribution in [-0.4, -0.2) is 34.6 Å². The highest BCUT2D eigenvalue weighted by atomic mass is 16.4. The predicted octanol–water partition coefficient (Wildman–Crippen LogP) is 2.36. The van der Waals surface area contributed by atoms with Crippen LogP contribution in [0.25, 0.3) is 0 Å². The van der Waals surface area contributed by atoms with Gasteiger partial charge in [-0.05, 0) is 32.1 Å². The molecule has 3 atom stereocenters. The summed E-state index contributed by atoms with van der Waals surface area (Å²) in [6.45, 7) is 7.62. The molecule has 1 fully saturated rings. The molecule has 0 saturated carbocycles. The molecule has 1 saturated heterocycles. The van der Waals surface area contributed by atoms with Crippen molar-refractivity contribution in [3.63, 3.8) is 0 Å². The molecule has 1 aliphatic rings. The van der Waals surface area contributed by atoms with Gasteiger partial charge in [0.2, 0.25) is 0 Å². The minimum atomic E-state index is -0.674. The third-order valence-corrected chi connectivity index (χ3v) is 3.52. The zero-order valence-corrected chi connectivity index (χ0v) is 10.1. The van der Waals surface area contributed by atoms with Crippen molar-refractivity contribution < 1.29 is 9.90 Å². The molecule has 3 unspecified atom stereocenters. The molecule has 15 heavy (non-hydrogen) atoms. The van der Waals surface area contributed by atoms with E-state index in [9.17, 15) is 4.79 Å². The molecule has 0 amide bonds. The largest absolute Gasteiger partial charge is 0.481 e. The molecular formula is C12H23NO2. The molecular weight excluding hydrogens is 190 g/mol. The van der Waals surface area contributed by atoms with E-state index in [4.69, 9.17) is 5.11 Å². The van der Waals surface area contributed by atoms with Crippen LogP contribution in [0, 0.1) is 5.92 Å². The van der Waals surface area contributed by atoms with E-state index in [0.29, 0.717) is 12.0 Å². The number of carboxylic acids is 1. The second-order valence-corrected chi connectivity index (χ2v) is 4.89. The van der Waals surface area contributed by atoms with Crippen LogP contribution in [-0.2, 0) is 4.79 Å². The van der Waals surface area contributed by atoms with Crippen molar-refractivity contribution in [1.82, 2.24) is 4.90 Å². The van der Waals surface area contributed by atoms with Gasteiger partial charge in [-0.1, -0.05) is 13.8 Å². The van der Waals surface area contributed by atoms with Crippen LogP contribution in [0.4, 0.5) is 0 Å². The standard InChI is InChI=1S/C12H23NO2/c1-4-11(7-12(14)15)13-8-9(2)5-6-10(13)3/h9-11H,4-8H2,1-3H3,(H,14,15). The Labute approximate surface area is 92.5 Å². The van der Waals surface area contributed by atoms with Gasteiger partial charge in [0.25, 0.3) is 0 Å². The van der Waals surface area contributed by atoms with Crippen LogP contribution >= 0.6 is 0 Å². The number of piperidine rings is 1. The Morgan fingerprint density at radius 2 is 2.13 bits per heavy atom. The fourth-order valence-electron chi connectivity index (χ4n) is 2.53. The number of carbonyl (C=O) groups is 1. The second kappa shape index (κ2) is 5.50. The summed E-state index contributed by atoms with van der Waals surface area (Å²) in [5.74, 6) is 0.0383. The van der Waals surface area contributed by atoms with Crippen molar-refractivity contribution in [3.8, 4) is 0 Å². The molecule has 1 heterocycles. The lowest BCUT2D eigenvalue weighted by molar-refractivity contribution is -0.139. The zero-order valence-electron chi connectivity index (χ0n) is 10.1. The molecule has 3 nitrogen and oxygen atoms in total. The van der Waals surface area contributed by atoms with Crippen molar-refractivity contribution >= 4 is 5.97 Å². The first-order valence-corrected chi connectivity index (χ1v) is 6.02. The average Bonchev–Trinajstić information content (AvgIpc) is 2.18. The Balaban J connectivity index is 2.59. The van der Waals surface area contributed by atoms with Gasteiger partial charge in [-0.25, -0.2) is 0 Å². The van der Waals surface area contributed by atoms with E-state index in [1.165, 1.54) is 12.8 Å². The summed E-state index contributed by atoms with van der Waals surface area (Å²) in [4.78, 5) is 13.2. The summed E-state index contributed by atoms with van der Waals surface area (Å²) >= 11 is 0. The van der Waals surface area contributed by atoms with Crippen molar-refractivity contribution in [2.24, 2.45) is 5.92 Å². The fraction of sp³-hybridized carbons (Fsp3) is 0.917. The number of likely N-dealkylation sites (tertiary alicyclic amines) is 1. The Morgan fingerprint density at radius 3 is 2.67 bits per heavy atom. The van der Waals surface area contributed by atoms with Gasteiger partial charge >= 0.3 is 5.97 Å². The minimum absolute atomic E-state index is 0.222. The lowest BCUT2D eigenvalue weighted by atomic mass is 9.92. The third-order valence-electron chi connectivity index (χ3n) is 3.52. The highest BCUT2D eigenvalue weighted by molar-refractivity contribution is 5.67. The van der Waals surface area contributed by atoms with Gasteiger partial charge in [0.15, 0.2) is 0 Å². The van der Waals surface area contributed by atoms with Crippen molar-refractivity contribution in [1.29, 1.82) is 0 Å². The topological polar surface area (TPSA) is 40.5 Å². The highest BCUT2D eigenvalue weighted by Crippen LogP contribution is 2.25. The van der Waals surface area contributed by atoms with Gasteiger partial charge in [0, 0.05) is 18.6 Å². The Bertz CT molecular complexity index is 218. The van der Waals surface area contributed by atoms with E-state index in [1.54, 1.807) is 0 Å². The lowest BCUT2D eigenvalue weighted by Crippen LogP contribution is -2.47. The van der Waals surface area contributed by atoms with Crippen LogP contribution in [0.2, 0.25) is 0 Å². The molecule has 0 radical (unpaired) electrons. The summed E-state index contributed by atoms with van der Waals surface area (Å²) in [7, 11) is 0. The van der Waals surface area contributed by atoms with Crippen molar-refractivity contribution in [2.45, 2.75) is 58.5 Å². The molecule has 0 aromatic heterocycles. The summed E-state index contributed by atoms with van der Waals surface area (Å²) in [5.41, 5.74) is 0. The zero-order chi connectivity index (χ0) is 11.4. The van der Waals surface area contributed by atoms with Gasteiger partial charge in [-0.2, -0.15) is 0 Å². The summed E-state index contributed by atoms with van der Waals surface area (Å²) in [5, 5.41) is 8.87. The number of aliphatic carboxylic acids is 1. The summed E-state index contributed by atoms with van der Waals surface area (Å²) in [6.07, 6.45) is 3.70. The first kappa shape index (κ1) is 12.5. The molecule has 1 aliphatic heterocycles. The Morgan fingerprint density at radius 1 is 1.47 bits per heavy atom. The maximum absolute atomic E-state index is 10.8. The molecule has 0 spiro atoms. The summed E-state index contributed by atoms with van der Waals surface area (Å²) in [6, 6.07) is 0.769. The number of carboxylic acid groups (broad SMARTS) is 1. The molecule has 1 N–H and O–H groups in total. The van der Waals surface area contributed by atoms with Gasteiger partial charge in [0.05, 0.1) is 6.42 Å². The van der Waals surface area contributed by atoms with E-state index in [2.05, 4.69) is 25.7 Å². The molecule has 3 heteroatoms. The van der Waals surface area contributed by atoms with Crippen LogP contribution < -0.4 is 0 Å². The second-order valence-electron chi connectivity index (χ2n) is 4.89. The first-order valence-electron chi connectivity index (χ1n) is 6.02. The van der Waals surface area contributed by atoms with Crippen LogP contribution in [0.3, 0.4) is 0 Å². The normalized spacial score (nSPS) is 30.1. The van der Waals surface area contributed by atoms with E-state index in [1.807, 2.05) is 0 Å². The van der Waals surface area contributed by atoms with Gasteiger partial charge in [0.1, 0.15) is 0 Å². The van der Waals surface area contributed by atoms with E-state index < -0.39 is 5.97 Å². The molecule has 0 aromatic carbocycles. The van der Waals surface area contributed by atoms with Gasteiger partial charge in [-0.3, -0.25) is 9.69 Å². The third kappa shape index (κ3) is 3.49. The maximum atomic E-state index is 10.8. The maximum Gasteiger partial charge on any atom is 0.304 e. The number of rotatable bonds is 4. The van der Waals surface area contributed by atoms with E-state index in [-0.39, 0.29) is 12.5 Å². The molecule has 88 valence electrons. The predicted molar refractivity (Wildman–Crippen MR) is 60.9 cm³/mol. The smallest absolute Gasteiger partial charge is 0.304 e. The Hall–Kier alpha value is -0.570. The molecule has 0 aromatic rings. The molecule has 0 bridgehead atoms. The van der Waals surface area contributed by atoms with Crippen molar-refractivity contribution in [2.75, 3.05) is 6.54 Å². The van der Waals surface area contributed by atoms with Crippen molar-refractivity contribution in [3.05, 3.63) is 0 Å². The van der Waals surface area contributed by atoms with E-state index in [0.717, 1.165) is 13.0 Å². The van der Waals surface area contributed by atoms with Crippen LogP contribution in [0.15, 0.2) is 0 Å². The minimum Gasteiger partial charge on any atom is -0.481 e.